The number of hydrogen-bond acceptors (Lipinski definition) is 3. The molecule has 0 saturated carbocycles. The summed E-state index contributed by atoms with van der Waals surface area (Å²) in [6.07, 6.45) is 0. The van der Waals surface area contributed by atoms with Crippen LogP contribution in [0, 0.1) is 6.92 Å². The van der Waals surface area contributed by atoms with Crippen LogP contribution in [-0.4, -0.2) is 20.1 Å². The molecule has 20 heavy (non-hydrogen) atoms. The van der Waals surface area contributed by atoms with Gasteiger partial charge >= 0.3 is 5.97 Å². The predicted octanol–water partition coefficient (Wildman–Crippen LogP) is 3.42. The molecule has 0 saturated heterocycles. The largest absolute Gasteiger partial charge is 0.465 e. The minimum Gasteiger partial charge on any atom is -0.465 e. The maximum absolute atomic E-state index is 11.8. The Balaban J connectivity index is 2.23. The third-order valence-corrected chi connectivity index (χ3v) is 3.26. The zero-order valence-electron chi connectivity index (χ0n) is 12.1. The Bertz CT molecular complexity index is 590. The van der Waals surface area contributed by atoms with Crippen molar-refractivity contribution in [3.8, 4) is 0 Å². The van der Waals surface area contributed by atoms with E-state index in [1.54, 1.807) is 6.07 Å². The molecule has 3 heteroatoms. The fourth-order valence-electron chi connectivity index (χ4n) is 2.14. The second kappa shape index (κ2) is 6.24. The molecule has 0 radical (unpaired) electrons. The van der Waals surface area contributed by atoms with Crippen molar-refractivity contribution in [1.82, 2.24) is 0 Å². The Morgan fingerprint density at radius 3 is 2.40 bits per heavy atom. The average molecular weight is 269 g/mol. The Hall–Kier alpha value is -2.29. The Morgan fingerprint density at radius 1 is 1.10 bits per heavy atom. The molecule has 0 N–H and O–H groups in total. The summed E-state index contributed by atoms with van der Waals surface area (Å²) in [5.41, 5.74) is 3.91. The van der Waals surface area contributed by atoms with E-state index in [0.29, 0.717) is 5.56 Å². The summed E-state index contributed by atoms with van der Waals surface area (Å²) >= 11 is 0. The highest BCUT2D eigenvalue weighted by Crippen LogP contribution is 2.21. The number of anilines is 1. The molecule has 0 bridgehead atoms. The van der Waals surface area contributed by atoms with Crippen LogP contribution in [0.4, 0.5) is 5.69 Å². The van der Waals surface area contributed by atoms with E-state index in [1.165, 1.54) is 18.2 Å². The Morgan fingerprint density at radius 2 is 1.75 bits per heavy atom. The smallest absolute Gasteiger partial charge is 0.339 e. The lowest BCUT2D eigenvalue weighted by atomic mass is 10.1. The zero-order chi connectivity index (χ0) is 14.5. The first-order valence-electron chi connectivity index (χ1n) is 6.56. The van der Waals surface area contributed by atoms with Gasteiger partial charge in [-0.25, -0.2) is 4.79 Å². The molecule has 0 spiro atoms. The van der Waals surface area contributed by atoms with Gasteiger partial charge in [-0.15, -0.1) is 0 Å². The number of ether oxygens (including phenoxy) is 1. The highest BCUT2D eigenvalue weighted by atomic mass is 16.5. The van der Waals surface area contributed by atoms with Crippen molar-refractivity contribution in [2.24, 2.45) is 0 Å². The fraction of sp³-hybridized carbons (Fsp3) is 0.235. The molecule has 0 heterocycles. The van der Waals surface area contributed by atoms with Crippen molar-refractivity contribution >= 4 is 11.7 Å². The fourth-order valence-corrected chi connectivity index (χ4v) is 2.14. The summed E-state index contributed by atoms with van der Waals surface area (Å²) in [4.78, 5) is 13.8. The highest BCUT2D eigenvalue weighted by molar-refractivity contribution is 5.95. The maximum Gasteiger partial charge on any atom is 0.339 e. The lowest BCUT2D eigenvalue weighted by Crippen LogP contribution is -2.19. The molecule has 0 aliphatic heterocycles. The summed E-state index contributed by atoms with van der Waals surface area (Å²) in [6.45, 7) is 2.81. The van der Waals surface area contributed by atoms with Gasteiger partial charge in [0.05, 0.1) is 18.4 Å². The minimum absolute atomic E-state index is 0.309. The van der Waals surface area contributed by atoms with E-state index >= 15 is 0 Å². The van der Waals surface area contributed by atoms with E-state index in [2.05, 4.69) is 36.1 Å². The predicted molar refractivity (Wildman–Crippen MR) is 81.1 cm³/mol. The number of nitrogens with zero attached hydrogens (tertiary/aromatic N) is 1. The monoisotopic (exact) mass is 269 g/mol. The number of aryl methyl sites for hydroxylation is 1. The van der Waals surface area contributed by atoms with E-state index in [9.17, 15) is 4.79 Å². The molecule has 0 aromatic heterocycles. The van der Waals surface area contributed by atoms with Gasteiger partial charge in [-0.1, -0.05) is 42.0 Å². The van der Waals surface area contributed by atoms with Crippen LogP contribution in [0.3, 0.4) is 0 Å². The zero-order valence-corrected chi connectivity index (χ0v) is 12.1. The first-order valence-corrected chi connectivity index (χ1v) is 6.56. The molecule has 3 nitrogen and oxygen atoms in total. The summed E-state index contributed by atoms with van der Waals surface area (Å²) in [7, 11) is 3.38. The molecule has 2 rings (SSSR count). The van der Waals surface area contributed by atoms with Crippen LogP contribution in [0.1, 0.15) is 21.5 Å². The van der Waals surface area contributed by atoms with Gasteiger partial charge in [-0.3, -0.25) is 0 Å². The van der Waals surface area contributed by atoms with Crippen LogP contribution in [0.15, 0.2) is 48.5 Å². The number of carbonyl (C=O) groups is 1. The van der Waals surface area contributed by atoms with Crippen LogP contribution < -0.4 is 4.90 Å². The van der Waals surface area contributed by atoms with E-state index in [0.717, 1.165) is 12.2 Å². The number of esters is 1. The van der Waals surface area contributed by atoms with Crippen LogP contribution in [0.2, 0.25) is 0 Å². The number of carbonyl (C=O) groups excluding carboxylic acids is 1. The van der Waals surface area contributed by atoms with Crippen molar-refractivity contribution in [1.29, 1.82) is 0 Å². The quantitative estimate of drug-likeness (QED) is 0.797. The topological polar surface area (TPSA) is 29.5 Å². The number of methoxy groups -OCH3 is 1. The van der Waals surface area contributed by atoms with Crippen LogP contribution in [0.5, 0.6) is 0 Å². The molecule has 104 valence electrons. The van der Waals surface area contributed by atoms with Gasteiger partial charge in [-0.05, 0) is 24.6 Å². The van der Waals surface area contributed by atoms with Gasteiger partial charge in [-0.2, -0.15) is 0 Å². The van der Waals surface area contributed by atoms with Crippen LogP contribution in [-0.2, 0) is 11.3 Å². The summed E-state index contributed by atoms with van der Waals surface area (Å²) in [6, 6.07) is 15.9. The maximum atomic E-state index is 11.8. The van der Waals surface area contributed by atoms with Crippen molar-refractivity contribution in [3.63, 3.8) is 0 Å². The van der Waals surface area contributed by atoms with Gasteiger partial charge in [0, 0.05) is 13.6 Å². The number of para-hydroxylation sites is 1. The molecule has 0 atom stereocenters. The van der Waals surface area contributed by atoms with Crippen LogP contribution in [0.25, 0.3) is 0 Å². The van der Waals surface area contributed by atoms with Crippen molar-refractivity contribution in [3.05, 3.63) is 65.2 Å². The van der Waals surface area contributed by atoms with Gasteiger partial charge < -0.3 is 9.64 Å². The second-order valence-corrected chi connectivity index (χ2v) is 4.85. The molecule has 0 amide bonds. The molecule has 2 aromatic carbocycles. The van der Waals surface area contributed by atoms with E-state index in [-0.39, 0.29) is 5.97 Å². The molecular formula is C17H19NO2. The molecule has 0 aliphatic carbocycles. The molecule has 0 fully saturated rings. The van der Waals surface area contributed by atoms with Crippen molar-refractivity contribution in [2.75, 3.05) is 19.1 Å². The lowest BCUT2D eigenvalue weighted by molar-refractivity contribution is 0.0601. The first-order chi connectivity index (χ1) is 9.61. The number of rotatable bonds is 4. The highest BCUT2D eigenvalue weighted by Gasteiger charge is 2.14. The van der Waals surface area contributed by atoms with E-state index in [4.69, 9.17) is 4.74 Å². The number of hydrogen-bond donors (Lipinski definition) is 0. The second-order valence-electron chi connectivity index (χ2n) is 4.85. The molecule has 2 aromatic rings. The molecule has 0 aliphatic rings. The summed E-state index contributed by atoms with van der Waals surface area (Å²) < 4.78 is 4.83. The summed E-state index contributed by atoms with van der Waals surface area (Å²) in [5.74, 6) is -0.309. The summed E-state index contributed by atoms with van der Waals surface area (Å²) in [5, 5.41) is 0. The third-order valence-electron chi connectivity index (χ3n) is 3.26. The lowest BCUT2D eigenvalue weighted by Gasteiger charge is -2.21. The number of benzene rings is 2. The van der Waals surface area contributed by atoms with Gasteiger partial charge in [0.2, 0.25) is 0 Å². The van der Waals surface area contributed by atoms with Gasteiger partial charge in [0.1, 0.15) is 0 Å². The Kier molecular flexibility index (Phi) is 4.41. The van der Waals surface area contributed by atoms with Crippen LogP contribution >= 0.6 is 0 Å². The van der Waals surface area contributed by atoms with E-state index < -0.39 is 0 Å². The van der Waals surface area contributed by atoms with Crippen molar-refractivity contribution < 1.29 is 9.53 Å². The van der Waals surface area contributed by atoms with Gasteiger partial charge in [0.15, 0.2) is 0 Å². The SMILES string of the molecule is COC(=O)c1ccccc1N(C)Cc1ccc(C)cc1. The molecular weight excluding hydrogens is 250 g/mol. The first kappa shape index (κ1) is 14.1. The van der Waals surface area contributed by atoms with Crippen molar-refractivity contribution in [2.45, 2.75) is 13.5 Å². The Labute approximate surface area is 119 Å². The standard InChI is InChI=1S/C17H19NO2/c1-13-8-10-14(11-9-13)12-18(2)16-7-5-4-6-15(16)17(19)20-3/h4-11H,12H2,1-3H3. The average Bonchev–Trinajstić information content (AvgIpc) is 2.48. The minimum atomic E-state index is -0.309. The normalized spacial score (nSPS) is 10.2. The molecule has 0 unspecified atom stereocenters. The van der Waals surface area contributed by atoms with Gasteiger partial charge in [0.25, 0.3) is 0 Å². The third kappa shape index (κ3) is 3.18. The van der Waals surface area contributed by atoms with E-state index in [1.807, 2.05) is 25.2 Å².